The van der Waals surface area contributed by atoms with Gasteiger partial charge >= 0.3 is 0 Å². The molecule has 0 radical (unpaired) electrons. The van der Waals surface area contributed by atoms with E-state index in [0.29, 0.717) is 6.04 Å². The number of rotatable bonds is 3. The maximum absolute atomic E-state index is 12.9. The summed E-state index contributed by atoms with van der Waals surface area (Å²) in [6.07, 6.45) is 1.11. The summed E-state index contributed by atoms with van der Waals surface area (Å²) in [6, 6.07) is 6.87. The number of H-pyrrole nitrogens is 1. The first kappa shape index (κ1) is 17.3. The molecule has 0 saturated heterocycles. The molecule has 5 rings (SSSR count). The first-order chi connectivity index (χ1) is 13.1. The molecule has 27 heavy (non-hydrogen) atoms. The molecular weight excluding hydrogens is 394 g/mol. The Hall–Kier alpha value is -1.80. The van der Waals surface area contributed by atoms with Crippen molar-refractivity contribution in [3.05, 3.63) is 60.5 Å². The van der Waals surface area contributed by atoms with Gasteiger partial charge in [-0.05, 0) is 37.4 Å². The van der Waals surface area contributed by atoms with Crippen LogP contribution in [0.2, 0.25) is 0 Å². The molecule has 2 N–H and O–H groups in total. The van der Waals surface area contributed by atoms with Crippen molar-refractivity contribution in [3.8, 4) is 10.4 Å². The van der Waals surface area contributed by atoms with Crippen LogP contribution in [0, 0.1) is 6.92 Å². The first-order valence-electron chi connectivity index (χ1n) is 9.08. The minimum Gasteiger partial charge on any atom is -0.322 e. The minimum absolute atomic E-state index is 0.0161. The van der Waals surface area contributed by atoms with Gasteiger partial charge in [-0.1, -0.05) is 0 Å². The highest BCUT2D eigenvalue weighted by molar-refractivity contribution is 7.19. The molecule has 1 aliphatic heterocycles. The molecule has 4 aromatic rings. The zero-order valence-electron chi connectivity index (χ0n) is 15.2. The molecule has 4 aromatic heterocycles. The van der Waals surface area contributed by atoms with E-state index in [4.69, 9.17) is 4.98 Å². The molecule has 138 valence electrons. The largest absolute Gasteiger partial charge is 0.322 e. The van der Waals surface area contributed by atoms with Crippen molar-refractivity contribution < 1.29 is 4.90 Å². The highest BCUT2D eigenvalue weighted by Crippen LogP contribution is 2.35. The van der Waals surface area contributed by atoms with E-state index in [2.05, 4.69) is 47.8 Å². The highest BCUT2D eigenvalue weighted by atomic mass is 32.1. The van der Waals surface area contributed by atoms with E-state index in [1.165, 1.54) is 20.2 Å². The third kappa shape index (κ3) is 2.99. The van der Waals surface area contributed by atoms with Crippen LogP contribution in [-0.4, -0.2) is 16.5 Å². The van der Waals surface area contributed by atoms with Gasteiger partial charge in [-0.25, -0.2) is 4.98 Å². The smallest absolute Gasteiger partial charge is 0.260 e. The Morgan fingerprint density at radius 3 is 3.00 bits per heavy atom. The fourth-order valence-electron chi connectivity index (χ4n) is 3.94. The summed E-state index contributed by atoms with van der Waals surface area (Å²) in [4.78, 5) is 26.9. The van der Waals surface area contributed by atoms with Gasteiger partial charge in [-0.15, -0.1) is 34.0 Å². The van der Waals surface area contributed by atoms with Gasteiger partial charge in [0.1, 0.15) is 17.4 Å². The van der Waals surface area contributed by atoms with E-state index in [1.807, 2.05) is 11.3 Å². The number of nitrogens with zero attached hydrogens (tertiary/aromatic N) is 1. The van der Waals surface area contributed by atoms with Crippen LogP contribution in [0.4, 0.5) is 0 Å². The summed E-state index contributed by atoms with van der Waals surface area (Å²) in [7, 11) is 0. The third-order valence-electron chi connectivity index (χ3n) is 5.43. The minimum atomic E-state index is -0.0161. The Bertz CT molecular complexity index is 1180. The molecule has 2 atom stereocenters. The van der Waals surface area contributed by atoms with E-state index in [9.17, 15) is 4.79 Å². The number of thiophene rings is 3. The Morgan fingerprint density at radius 2 is 2.19 bits per heavy atom. The lowest BCUT2D eigenvalue weighted by molar-refractivity contribution is -0.945. The molecule has 0 amide bonds. The lowest BCUT2D eigenvalue weighted by Gasteiger charge is -2.30. The van der Waals surface area contributed by atoms with Crippen LogP contribution >= 0.6 is 34.0 Å². The number of aryl methyl sites for hydroxylation is 1. The number of hydrogen-bond acceptors (Lipinski definition) is 5. The molecule has 0 fully saturated rings. The maximum Gasteiger partial charge on any atom is 0.260 e. The Kier molecular flexibility index (Phi) is 4.27. The van der Waals surface area contributed by atoms with Crippen LogP contribution in [0.3, 0.4) is 0 Å². The lowest BCUT2D eigenvalue weighted by Crippen LogP contribution is -3.11. The van der Waals surface area contributed by atoms with Crippen LogP contribution in [0.1, 0.15) is 34.1 Å². The number of aromatic nitrogens is 2. The standard InChI is InChI=1S/C20H19N3OS3/c1-11-3-4-16(27-11)14-10-26-20-18(14)19(24)21-17(22-20)9-23-7-5-15-13(12(23)2)6-8-25-15/h3-4,6,8,10,12H,5,7,9H2,1-2H3,(H,21,22,24)/p+1/t12-/m1/s1. The zero-order chi connectivity index (χ0) is 18.5. The Labute approximate surface area is 169 Å². The number of quaternary nitrogens is 1. The van der Waals surface area contributed by atoms with E-state index in [0.717, 1.165) is 46.0 Å². The average Bonchev–Trinajstić information content (AvgIpc) is 3.36. The number of hydrogen-bond donors (Lipinski definition) is 2. The fraction of sp³-hybridized carbons (Fsp3) is 0.300. The molecule has 1 aliphatic rings. The van der Waals surface area contributed by atoms with E-state index < -0.39 is 0 Å². The second kappa shape index (κ2) is 6.67. The molecule has 7 heteroatoms. The molecule has 0 saturated carbocycles. The monoisotopic (exact) mass is 414 g/mol. The topological polar surface area (TPSA) is 50.2 Å². The van der Waals surface area contributed by atoms with Gasteiger partial charge in [-0.3, -0.25) is 4.79 Å². The van der Waals surface area contributed by atoms with Crippen molar-refractivity contribution in [1.29, 1.82) is 0 Å². The van der Waals surface area contributed by atoms with Crippen molar-refractivity contribution in [2.24, 2.45) is 0 Å². The maximum atomic E-state index is 12.9. The number of fused-ring (bicyclic) bond motifs is 2. The summed E-state index contributed by atoms with van der Waals surface area (Å²) in [6.45, 7) is 6.21. The van der Waals surface area contributed by atoms with Gasteiger partial charge in [0.25, 0.3) is 5.56 Å². The molecule has 0 spiro atoms. The van der Waals surface area contributed by atoms with Gasteiger partial charge in [0.15, 0.2) is 5.82 Å². The second-order valence-electron chi connectivity index (χ2n) is 7.11. The summed E-state index contributed by atoms with van der Waals surface area (Å²) in [5, 5.41) is 4.98. The van der Waals surface area contributed by atoms with Gasteiger partial charge in [0.2, 0.25) is 0 Å². The quantitative estimate of drug-likeness (QED) is 0.536. The molecule has 0 aromatic carbocycles. The summed E-state index contributed by atoms with van der Waals surface area (Å²) in [5.74, 6) is 0.795. The lowest BCUT2D eigenvalue weighted by atomic mass is 10.0. The fourth-order valence-corrected chi connectivity index (χ4v) is 6.85. The molecule has 4 nitrogen and oxygen atoms in total. The van der Waals surface area contributed by atoms with E-state index in [-0.39, 0.29) is 5.56 Å². The summed E-state index contributed by atoms with van der Waals surface area (Å²) >= 11 is 5.15. The van der Waals surface area contributed by atoms with Gasteiger partial charge in [-0.2, -0.15) is 0 Å². The zero-order valence-corrected chi connectivity index (χ0v) is 17.6. The van der Waals surface area contributed by atoms with E-state index in [1.54, 1.807) is 22.7 Å². The van der Waals surface area contributed by atoms with Crippen molar-refractivity contribution in [2.75, 3.05) is 6.54 Å². The number of aromatic amines is 1. The molecule has 0 bridgehead atoms. The molecular formula is C20H20N3OS3+. The number of nitrogens with one attached hydrogen (secondary N) is 2. The van der Waals surface area contributed by atoms with Crippen molar-refractivity contribution in [3.63, 3.8) is 0 Å². The second-order valence-corrected chi connectivity index (χ2v) is 10.3. The summed E-state index contributed by atoms with van der Waals surface area (Å²) < 4.78 is 0. The van der Waals surface area contributed by atoms with Crippen molar-refractivity contribution in [1.82, 2.24) is 9.97 Å². The Morgan fingerprint density at radius 1 is 1.30 bits per heavy atom. The normalized spacial score (nSPS) is 19.5. The predicted molar refractivity (Wildman–Crippen MR) is 114 cm³/mol. The molecule has 5 heterocycles. The van der Waals surface area contributed by atoms with Crippen LogP contribution in [-0.2, 0) is 13.0 Å². The first-order valence-corrected chi connectivity index (χ1v) is 11.7. The van der Waals surface area contributed by atoms with Gasteiger partial charge in [0.05, 0.1) is 11.9 Å². The average molecular weight is 415 g/mol. The predicted octanol–water partition coefficient (Wildman–Crippen LogP) is 3.79. The SMILES string of the molecule is Cc1ccc(-c2csc3nc(C[NH+]4CCc5sccc5[C@H]4C)[nH]c(=O)c23)s1. The van der Waals surface area contributed by atoms with Crippen molar-refractivity contribution >= 4 is 44.2 Å². The molecule has 1 unspecified atom stereocenters. The molecule has 0 aliphatic carbocycles. The van der Waals surface area contributed by atoms with Gasteiger partial charge < -0.3 is 9.88 Å². The van der Waals surface area contributed by atoms with Crippen LogP contribution < -0.4 is 10.5 Å². The van der Waals surface area contributed by atoms with Crippen molar-refractivity contribution in [2.45, 2.75) is 32.9 Å². The van der Waals surface area contributed by atoms with Crippen LogP contribution in [0.15, 0.2) is 33.8 Å². The Balaban J connectivity index is 1.48. The van der Waals surface area contributed by atoms with Crippen LogP contribution in [0.25, 0.3) is 20.7 Å². The van der Waals surface area contributed by atoms with Crippen LogP contribution in [0.5, 0.6) is 0 Å². The summed E-state index contributed by atoms with van der Waals surface area (Å²) in [5.41, 5.74) is 2.45. The van der Waals surface area contributed by atoms with Gasteiger partial charge in [0, 0.05) is 37.6 Å². The highest BCUT2D eigenvalue weighted by Gasteiger charge is 2.29. The third-order valence-corrected chi connectivity index (χ3v) is 8.33. The van der Waals surface area contributed by atoms with E-state index >= 15 is 0 Å².